The number of rotatable bonds is 0. The van der Waals surface area contributed by atoms with Crippen LogP contribution < -0.4 is 5.11 Å². The van der Waals surface area contributed by atoms with Gasteiger partial charge in [-0.15, -0.1) is 6.42 Å². The van der Waals surface area contributed by atoms with Crippen molar-refractivity contribution < 1.29 is 14.4 Å². The first-order chi connectivity index (χ1) is 5.86. The van der Waals surface area contributed by atoms with Crippen LogP contribution in [0, 0.1) is 12.3 Å². The molecule has 1 amide bonds. The number of amides is 1. The zero-order valence-electron chi connectivity index (χ0n) is 8.33. The molecule has 13 heavy (non-hydrogen) atoms. The summed E-state index contributed by atoms with van der Waals surface area (Å²) < 4.78 is -0.0938. The highest BCUT2D eigenvalue weighted by molar-refractivity contribution is 5.56. The monoisotopic (exact) mass is 181 g/mol. The van der Waals surface area contributed by atoms with Gasteiger partial charge in [0.1, 0.15) is 0 Å². The standard InChI is InChI=1S/C10H15NO2/c1-5-8-6-7-11(8,9(12)13)10(2,3)4/h1,8H,6-7H2,2-4H3/t8-,11?/m1/s1. The van der Waals surface area contributed by atoms with Crippen molar-refractivity contribution in [2.45, 2.75) is 38.8 Å². The van der Waals surface area contributed by atoms with Crippen molar-refractivity contribution in [3.05, 3.63) is 0 Å². The molecule has 0 spiro atoms. The van der Waals surface area contributed by atoms with Crippen molar-refractivity contribution in [3.63, 3.8) is 0 Å². The van der Waals surface area contributed by atoms with E-state index < -0.39 is 6.09 Å². The predicted octanol–water partition coefficient (Wildman–Crippen LogP) is 0.350. The number of carbonyl (C=O) groups is 1. The summed E-state index contributed by atoms with van der Waals surface area (Å²) in [6, 6.07) is -0.218. The van der Waals surface area contributed by atoms with Gasteiger partial charge in [-0.1, -0.05) is 0 Å². The maximum Gasteiger partial charge on any atom is 0.258 e. The number of hydrogen-bond donors (Lipinski definition) is 0. The first-order valence-electron chi connectivity index (χ1n) is 4.42. The second-order valence-electron chi connectivity index (χ2n) is 4.50. The van der Waals surface area contributed by atoms with Crippen LogP contribution in [0.2, 0.25) is 0 Å². The van der Waals surface area contributed by atoms with E-state index in [1.54, 1.807) is 0 Å². The van der Waals surface area contributed by atoms with Crippen LogP contribution in [0.5, 0.6) is 0 Å². The first kappa shape index (κ1) is 10.1. The lowest BCUT2D eigenvalue weighted by atomic mass is 9.88. The summed E-state index contributed by atoms with van der Waals surface area (Å²) >= 11 is 0. The molecule has 0 N–H and O–H groups in total. The van der Waals surface area contributed by atoms with Crippen LogP contribution in [0.4, 0.5) is 4.79 Å². The van der Waals surface area contributed by atoms with Crippen molar-refractivity contribution in [1.29, 1.82) is 0 Å². The van der Waals surface area contributed by atoms with Gasteiger partial charge in [0.05, 0.1) is 18.5 Å². The second-order valence-corrected chi connectivity index (χ2v) is 4.50. The van der Waals surface area contributed by atoms with Gasteiger partial charge in [-0.25, -0.2) is 0 Å². The summed E-state index contributed by atoms with van der Waals surface area (Å²) in [7, 11) is 0. The lowest BCUT2D eigenvalue weighted by molar-refractivity contribution is -0.969. The number of carbonyl (C=O) groups excluding carboxylic acids is 1. The highest BCUT2D eigenvalue weighted by Gasteiger charge is 2.55. The lowest BCUT2D eigenvalue weighted by Crippen LogP contribution is -2.78. The Morgan fingerprint density at radius 2 is 2.15 bits per heavy atom. The van der Waals surface area contributed by atoms with Gasteiger partial charge < -0.3 is 9.90 Å². The summed E-state index contributed by atoms with van der Waals surface area (Å²) in [5.41, 5.74) is -0.381. The number of likely N-dealkylation sites (tertiary alicyclic amines) is 1. The smallest absolute Gasteiger partial charge is 0.258 e. The van der Waals surface area contributed by atoms with Crippen LogP contribution in [0.25, 0.3) is 0 Å². The van der Waals surface area contributed by atoms with Gasteiger partial charge in [0.2, 0.25) is 0 Å². The number of hydrogen-bond acceptors (Lipinski definition) is 2. The van der Waals surface area contributed by atoms with Crippen molar-refractivity contribution >= 4 is 6.09 Å². The van der Waals surface area contributed by atoms with Crippen LogP contribution in [-0.2, 0) is 0 Å². The Hall–Kier alpha value is -1.01. The van der Waals surface area contributed by atoms with Crippen LogP contribution >= 0.6 is 0 Å². The molecule has 1 saturated heterocycles. The molecule has 1 rings (SSSR count). The van der Waals surface area contributed by atoms with E-state index in [0.29, 0.717) is 6.54 Å². The van der Waals surface area contributed by atoms with Crippen molar-refractivity contribution in [2.75, 3.05) is 6.54 Å². The number of nitrogens with zero attached hydrogens (tertiary/aromatic N) is 1. The molecule has 0 aromatic carbocycles. The minimum absolute atomic E-state index is 0.0938. The van der Waals surface area contributed by atoms with E-state index in [0.717, 1.165) is 6.42 Å². The fourth-order valence-corrected chi connectivity index (χ4v) is 2.02. The molecule has 0 bridgehead atoms. The molecule has 0 saturated carbocycles. The van der Waals surface area contributed by atoms with Gasteiger partial charge in [-0.05, 0) is 26.7 Å². The fraction of sp³-hybridized carbons (Fsp3) is 0.700. The van der Waals surface area contributed by atoms with Crippen molar-refractivity contribution in [3.8, 4) is 12.3 Å². The number of quaternary nitrogens is 1. The minimum atomic E-state index is -1.05. The third-order valence-electron chi connectivity index (χ3n) is 3.00. The molecule has 1 fully saturated rings. The molecule has 72 valence electrons. The van der Waals surface area contributed by atoms with E-state index in [4.69, 9.17) is 6.42 Å². The molecule has 1 heterocycles. The molecule has 3 heteroatoms. The average Bonchev–Trinajstić information content (AvgIpc) is 1.81. The SMILES string of the molecule is C#C[C@@H]1CC[N+]1(C(=O)[O-])C(C)(C)C. The first-order valence-corrected chi connectivity index (χ1v) is 4.42. The van der Waals surface area contributed by atoms with Crippen LogP contribution in [0.15, 0.2) is 0 Å². The van der Waals surface area contributed by atoms with Crippen LogP contribution in [-0.4, -0.2) is 28.7 Å². The summed E-state index contributed by atoms with van der Waals surface area (Å²) in [5, 5.41) is 11.1. The Labute approximate surface area is 78.9 Å². The summed E-state index contributed by atoms with van der Waals surface area (Å²) in [4.78, 5) is 11.1. The van der Waals surface area contributed by atoms with Crippen molar-refractivity contribution in [2.24, 2.45) is 0 Å². The van der Waals surface area contributed by atoms with Gasteiger partial charge in [0.15, 0.2) is 6.04 Å². The van der Waals surface area contributed by atoms with Crippen LogP contribution in [0.3, 0.4) is 0 Å². The molecule has 0 aliphatic carbocycles. The molecular formula is C10H15NO2. The highest BCUT2D eigenvalue weighted by Crippen LogP contribution is 2.37. The Kier molecular flexibility index (Phi) is 2.13. The zero-order valence-corrected chi connectivity index (χ0v) is 8.33. The van der Waals surface area contributed by atoms with Crippen LogP contribution in [0.1, 0.15) is 27.2 Å². The van der Waals surface area contributed by atoms with Gasteiger partial charge in [0.25, 0.3) is 6.09 Å². The third kappa shape index (κ3) is 1.13. The highest BCUT2D eigenvalue weighted by atomic mass is 16.4. The van der Waals surface area contributed by atoms with E-state index in [2.05, 4.69) is 5.92 Å². The molecule has 0 radical (unpaired) electrons. The molecule has 0 aromatic rings. The summed E-state index contributed by atoms with van der Waals surface area (Å²) in [6.07, 6.45) is 5.01. The van der Waals surface area contributed by atoms with Gasteiger partial charge in [0, 0.05) is 0 Å². The van der Waals surface area contributed by atoms with E-state index in [1.165, 1.54) is 0 Å². The zero-order chi connectivity index (χ0) is 10.3. The molecule has 1 aliphatic heterocycles. The molecule has 1 aliphatic rings. The normalized spacial score (nSPS) is 33.2. The Bertz CT molecular complexity index is 272. The second kappa shape index (κ2) is 2.74. The quantitative estimate of drug-likeness (QED) is 0.399. The predicted molar refractivity (Wildman–Crippen MR) is 47.5 cm³/mol. The maximum absolute atomic E-state index is 11.1. The van der Waals surface area contributed by atoms with E-state index in [1.807, 2.05) is 20.8 Å². The Balaban J connectivity index is 3.06. The molecule has 1 unspecified atom stereocenters. The van der Waals surface area contributed by atoms with Gasteiger partial charge in [-0.2, -0.15) is 0 Å². The molecule has 3 nitrogen and oxygen atoms in total. The van der Waals surface area contributed by atoms with E-state index >= 15 is 0 Å². The van der Waals surface area contributed by atoms with E-state index in [-0.39, 0.29) is 16.1 Å². The van der Waals surface area contributed by atoms with E-state index in [9.17, 15) is 9.90 Å². The number of carboxylic acid groups (broad SMARTS) is 1. The molecular weight excluding hydrogens is 166 g/mol. The number of terminal acetylenes is 1. The minimum Gasteiger partial charge on any atom is -0.498 e. The maximum atomic E-state index is 11.1. The Morgan fingerprint density at radius 1 is 1.62 bits per heavy atom. The third-order valence-corrected chi connectivity index (χ3v) is 3.00. The van der Waals surface area contributed by atoms with Gasteiger partial charge >= 0.3 is 0 Å². The molecule has 2 atom stereocenters. The Morgan fingerprint density at radius 3 is 2.23 bits per heavy atom. The average molecular weight is 181 g/mol. The molecule has 0 aromatic heterocycles. The van der Waals surface area contributed by atoms with Gasteiger partial charge in [-0.3, -0.25) is 4.48 Å². The summed E-state index contributed by atoms with van der Waals surface area (Å²) in [5.74, 6) is 2.53. The fourth-order valence-electron chi connectivity index (χ4n) is 2.02. The lowest BCUT2D eigenvalue weighted by Gasteiger charge is -2.57. The van der Waals surface area contributed by atoms with Crippen molar-refractivity contribution in [1.82, 2.24) is 0 Å². The largest absolute Gasteiger partial charge is 0.498 e. The summed E-state index contributed by atoms with van der Waals surface area (Å²) in [6.45, 7) is 6.23. The topological polar surface area (TPSA) is 40.1 Å².